The van der Waals surface area contributed by atoms with Gasteiger partial charge in [0.25, 0.3) is 5.92 Å². The second-order valence-corrected chi connectivity index (χ2v) is 8.44. The van der Waals surface area contributed by atoms with Gasteiger partial charge in [-0.05, 0) is 30.1 Å². The molecule has 1 saturated carbocycles. The first-order valence-corrected chi connectivity index (χ1v) is 11.1. The molecule has 178 valence electrons. The highest BCUT2D eigenvalue weighted by Crippen LogP contribution is 2.55. The number of alkyl halides is 2. The second kappa shape index (κ2) is 8.60. The molecule has 0 bridgehead atoms. The Kier molecular flexibility index (Phi) is 5.60. The summed E-state index contributed by atoms with van der Waals surface area (Å²) in [6, 6.07) is 10.5. The summed E-state index contributed by atoms with van der Waals surface area (Å²) in [5.41, 5.74) is 1.43. The molecule has 9 nitrogen and oxygen atoms in total. The van der Waals surface area contributed by atoms with Crippen molar-refractivity contribution in [3.05, 3.63) is 42.1 Å². The molecule has 3 N–H and O–H groups in total. The number of benzene rings is 2. The smallest absolute Gasteiger partial charge is 0.257 e. The van der Waals surface area contributed by atoms with Crippen LogP contribution in [-0.2, 0) is 0 Å². The lowest BCUT2D eigenvalue weighted by Crippen LogP contribution is -1.96. The largest absolute Gasteiger partial charge is 0.495 e. The van der Waals surface area contributed by atoms with Gasteiger partial charge in [-0.2, -0.15) is 5.10 Å². The van der Waals surface area contributed by atoms with E-state index in [0.29, 0.717) is 51.2 Å². The van der Waals surface area contributed by atoms with E-state index in [1.165, 1.54) is 19.1 Å². The number of H-pyrrole nitrogens is 1. The highest BCUT2D eigenvalue weighted by atomic mass is 32.2. The molecular weight excluding hydrogens is 468 g/mol. The van der Waals surface area contributed by atoms with Crippen LogP contribution >= 0.6 is 11.9 Å². The lowest BCUT2D eigenvalue weighted by atomic mass is 10.2. The summed E-state index contributed by atoms with van der Waals surface area (Å²) in [6.45, 7) is 0. The normalized spacial score (nSPS) is 16.3. The van der Waals surface area contributed by atoms with Crippen LogP contribution in [0.1, 0.15) is 18.0 Å². The van der Waals surface area contributed by atoms with Gasteiger partial charge in [0, 0.05) is 24.2 Å². The van der Waals surface area contributed by atoms with Crippen LogP contribution in [0.15, 0.2) is 45.8 Å². The van der Waals surface area contributed by atoms with E-state index in [2.05, 4.69) is 25.4 Å². The zero-order valence-corrected chi connectivity index (χ0v) is 19.3. The quantitative estimate of drug-likeness (QED) is 0.260. The number of nitrogens with one attached hydrogen (secondary N) is 3. The molecule has 2 aromatic carbocycles. The number of ether oxygens (including phenoxy) is 3. The molecule has 1 aliphatic rings. The van der Waals surface area contributed by atoms with Crippen molar-refractivity contribution in [3.63, 3.8) is 0 Å². The first-order chi connectivity index (χ1) is 16.4. The van der Waals surface area contributed by atoms with Crippen molar-refractivity contribution in [1.29, 1.82) is 0 Å². The number of nitrogens with zero attached hydrogens (tertiary/aromatic N) is 2. The van der Waals surface area contributed by atoms with Gasteiger partial charge in [-0.25, -0.2) is 8.78 Å². The number of methoxy groups -OCH3 is 3. The first kappa shape index (κ1) is 22.1. The Morgan fingerprint density at radius 1 is 1.09 bits per heavy atom. The molecule has 4 aromatic rings. The van der Waals surface area contributed by atoms with E-state index in [9.17, 15) is 8.78 Å². The maximum Gasteiger partial charge on any atom is 0.257 e. The minimum absolute atomic E-state index is 0.170. The number of halogens is 2. The average molecular weight is 490 g/mol. The van der Waals surface area contributed by atoms with E-state index in [1.807, 2.05) is 18.2 Å². The number of anilines is 3. The van der Waals surface area contributed by atoms with Gasteiger partial charge >= 0.3 is 0 Å². The minimum Gasteiger partial charge on any atom is -0.495 e. The number of hydrogen-bond acceptors (Lipinski definition) is 9. The third-order valence-corrected chi connectivity index (χ3v) is 6.39. The van der Waals surface area contributed by atoms with E-state index in [-0.39, 0.29) is 6.42 Å². The van der Waals surface area contributed by atoms with Gasteiger partial charge in [0.2, 0.25) is 0 Å². The van der Waals surface area contributed by atoms with E-state index in [1.54, 1.807) is 32.4 Å². The van der Waals surface area contributed by atoms with Crippen molar-refractivity contribution >= 4 is 40.2 Å². The monoisotopic (exact) mass is 489 g/mol. The fraction of sp³-hybridized carbons (Fsp3) is 0.273. The summed E-state index contributed by atoms with van der Waals surface area (Å²) in [6.07, 6.45) is -0.170. The molecule has 0 radical (unpaired) electrons. The number of hydrogen-bond donors (Lipinski definition) is 3. The highest BCUT2D eigenvalue weighted by Gasteiger charge is 2.58. The van der Waals surface area contributed by atoms with Crippen molar-refractivity contribution in [3.8, 4) is 17.2 Å². The van der Waals surface area contributed by atoms with Gasteiger partial charge in [-0.1, -0.05) is 11.2 Å². The van der Waals surface area contributed by atoms with Gasteiger partial charge in [0.05, 0.1) is 38.3 Å². The fourth-order valence-electron chi connectivity index (χ4n) is 3.59. The SMILES string of the molecule is COc1cc2c(NSc3c(OC)cccc3OC)noc2cc1Nc1cc(C2CC2(F)F)[nH]n1. The molecule has 5 rings (SSSR count). The predicted octanol–water partition coefficient (Wildman–Crippen LogP) is 5.56. The summed E-state index contributed by atoms with van der Waals surface area (Å²) in [5.74, 6) is -0.813. The predicted molar refractivity (Wildman–Crippen MR) is 124 cm³/mol. The Hall–Kier alpha value is -3.67. The molecule has 1 fully saturated rings. The highest BCUT2D eigenvalue weighted by molar-refractivity contribution is 8.00. The van der Waals surface area contributed by atoms with Gasteiger partial charge in [-0.3, -0.25) is 5.10 Å². The zero-order valence-electron chi connectivity index (χ0n) is 18.4. The third kappa shape index (κ3) is 4.04. The van der Waals surface area contributed by atoms with Crippen LogP contribution in [0.5, 0.6) is 17.2 Å². The van der Waals surface area contributed by atoms with E-state index >= 15 is 0 Å². The Morgan fingerprint density at radius 2 is 1.79 bits per heavy atom. The van der Waals surface area contributed by atoms with Gasteiger partial charge < -0.3 is 28.8 Å². The van der Waals surface area contributed by atoms with Crippen LogP contribution in [0.25, 0.3) is 11.0 Å². The Morgan fingerprint density at radius 3 is 2.44 bits per heavy atom. The molecule has 34 heavy (non-hydrogen) atoms. The lowest BCUT2D eigenvalue weighted by Gasteiger charge is -2.12. The van der Waals surface area contributed by atoms with E-state index in [4.69, 9.17) is 18.7 Å². The summed E-state index contributed by atoms with van der Waals surface area (Å²) >= 11 is 1.27. The first-order valence-electron chi connectivity index (χ1n) is 10.2. The summed E-state index contributed by atoms with van der Waals surface area (Å²) in [4.78, 5) is 0.754. The lowest BCUT2D eigenvalue weighted by molar-refractivity contribution is 0.111. The van der Waals surface area contributed by atoms with Crippen molar-refractivity contribution in [1.82, 2.24) is 15.4 Å². The molecule has 12 heteroatoms. The average Bonchev–Trinajstić information content (AvgIpc) is 3.17. The van der Waals surface area contributed by atoms with Crippen LogP contribution in [0, 0.1) is 0 Å². The Balaban J connectivity index is 1.38. The Bertz CT molecular complexity index is 1320. The summed E-state index contributed by atoms with van der Waals surface area (Å²) in [5, 5.41) is 14.6. The van der Waals surface area contributed by atoms with Crippen LogP contribution in [0.4, 0.5) is 26.1 Å². The van der Waals surface area contributed by atoms with Crippen LogP contribution < -0.4 is 24.2 Å². The molecular formula is C22H21F2N5O4S. The number of rotatable bonds is 9. The second-order valence-electron chi connectivity index (χ2n) is 7.63. The van der Waals surface area contributed by atoms with Crippen molar-refractivity contribution in [2.75, 3.05) is 31.4 Å². The summed E-state index contributed by atoms with van der Waals surface area (Å²) in [7, 11) is 4.70. The standard InChI is InChI=1S/C22H21F2N5O4S/c1-30-15-5-4-6-16(31-2)20(15)34-29-21-11-7-18(32-3)14(8-17(11)33-28-21)25-19-9-13(26-27-19)12-10-22(12,23)24/h4-9,12H,10H2,1-3H3,(H,28,29)(H2,25,26,27). The molecule has 0 aliphatic heterocycles. The van der Waals surface area contributed by atoms with E-state index in [0.717, 1.165) is 4.90 Å². The maximum absolute atomic E-state index is 13.3. The fourth-order valence-corrected chi connectivity index (χ4v) is 4.44. The van der Waals surface area contributed by atoms with Gasteiger partial charge in [0.1, 0.15) is 22.1 Å². The van der Waals surface area contributed by atoms with Crippen LogP contribution in [-0.4, -0.2) is 42.6 Å². The molecule has 0 saturated heterocycles. The molecule has 2 heterocycles. The molecule has 0 spiro atoms. The number of fused-ring (bicyclic) bond motifs is 1. The number of aromatic nitrogens is 3. The van der Waals surface area contributed by atoms with Gasteiger partial charge in [0.15, 0.2) is 17.2 Å². The topological polar surface area (TPSA) is 106 Å². The summed E-state index contributed by atoms with van der Waals surface area (Å²) < 4.78 is 51.7. The van der Waals surface area contributed by atoms with E-state index < -0.39 is 11.8 Å². The Labute approximate surface area is 197 Å². The van der Waals surface area contributed by atoms with Crippen LogP contribution in [0.2, 0.25) is 0 Å². The number of aromatic amines is 1. The molecule has 0 amide bonds. The van der Waals surface area contributed by atoms with Crippen LogP contribution in [0.3, 0.4) is 0 Å². The van der Waals surface area contributed by atoms with Crippen molar-refractivity contribution < 1.29 is 27.5 Å². The minimum atomic E-state index is -2.67. The molecule has 1 aliphatic carbocycles. The van der Waals surface area contributed by atoms with Crippen molar-refractivity contribution in [2.45, 2.75) is 23.2 Å². The maximum atomic E-state index is 13.3. The van der Waals surface area contributed by atoms with Gasteiger partial charge in [-0.15, -0.1) is 0 Å². The van der Waals surface area contributed by atoms with Crippen molar-refractivity contribution in [2.24, 2.45) is 0 Å². The molecule has 1 atom stereocenters. The molecule has 1 unspecified atom stereocenters. The third-order valence-electron chi connectivity index (χ3n) is 5.49. The zero-order chi connectivity index (χ0) is 23.9. The molecule has 2 aromatic heterocycles.